The second-order valence-electron chi connectivity index (χ2n) is 12.4. The molecule has 2 saturated heterocycles. The van der Waals surface area contributed by atoms with E-state index in [4.69, 9.17) is 20.9 Å². The van der Waals surface area contributed by atoms with Crippen LogP contribution in [0.2, 0.25) is 0 Å². The van der Waals surface area contributed by atoms with E-state index < -0.39 is 29.6 Å². The number of hydrogen-bond acceptors (Lipinski definition) is 8. The molecule has 4 aliphatic rings. The van der Waals surface area contributed by atoms with Crippen molar-refractivity contribution in [2.45, 2.75) is 50.0 Å². The molecule has 0 amide bonds. The summed E-state index contributed by atoms with van der Waals surface area (Å²) in [5.74, 6) is 0.457. The Hall–Kier alpha value is -4.89. The van der Waals surface area contributed by atoms with Crippen LogP contribution in [-0.2, 0) is 0 Å². The molecule has 6 heterocycles. The van der Waals surface area contributed by atoms with E-state index in [1.165, 1.54) is 36.4 Å². The molecule has 0 spiro atoms. The normalized spacial score (nSPS) is 25.6. The number of terminal acetylenes is 1. The maximum Gasteiger partial charge on any atom is 0.319 e. The van der Waals surface area contributed by atoms with Crippen LogP contribution in [0.5, 0.6) is 17.6 Å². The summed E-state index contributed by atoms with van der Waals surface area (Å²) < 4.78 is 73.1. The number of hydrogen-bond donors (Lipinski definition) is 1. The molecule has 47 heavy (non-hydrogen) atoms. The fourth-order valence-corrected chi connectivity index (χ4v) is 7.50. The number of alkyl halides is 1. The number of fused-ring (bicyclic) bond motifs is 4. The van der Waals surface area contributed by atoms with Crippen molar-refractivity contribution in [2.75, 3.05) is 31.1 Å². The highest BCUT2D eigenvalue weighted by Crippen LogP contribution is 2.45. The van der Waals surface area contributed by atoms with E-state index in [0.717, 1.165) is 19.4 Å². The number of aromatic hydroxyl groups is 1. The van der Waals surface area contributed by atoms with Gasteiger partial charge in [0.2, 0.25) is 5.88 Å². The second kappa shape index (κ2) is 11.1. The first kappa shape index (κ1) is 29.5. The summed E-state index contributed by atoms with van der Waals surface area (Å²) in [6, 6.07) is 5.16. The van der Waals surface area contributed by atoms with E-state index in [-0.39, 0.29) is 75.5 Å². The van der Waals surface area contributed by atoms with Gasteiger partial charge in [0.25, 0.3) is 0 Å². The maximum atomic E-state index is 16.9. The fraction of sp³-hybridized carbons (Fsp3) is 0.343. The van der Waals surface area contributed by atoms with E-state index in [0.29, 0.717) is 31.2 Å². The van der Waals surface area contributed by atoms with Crippen molar-refractivity contribution in [1.82, 2.24) is 19.9 Å². The maximum absolute atomic E-state index is 16.9. The average molecular weight is 644 g/mol. The molecule has 4 aliphatic heterocycles. The van der Waals surface area contributed by atoms with Crippen LogP contribution in [-0.4, -0.2) is 69.1 Å². The molecule has 1 unspecified atom stereocenters. The SMILES string of the molecule is C#Cc1c(F)ccc2cc(O)cc(-c3nc4c5c(nc(OC[C@@]67CCCN6C[C@H](F)C7)nc5c3F)N3C/C=C\C(F)=C/CCC3O4)c12. The van der Waals surface area contributed by atoms with Crippen LogP contribution in [0.25, 0.3) is 32.9 Å². The van der Waals surface area contributed by atoms with Gasteiger partial charge in [-0.3, -0.25) is 4.90 Å². The van der Waals surface area contributed by atoms with Crippen LogP contribution >= 0.6 is 0 Å². The number of phenolic OH excluding ortho intramolecular Hbond substituents is 1. The third-order valence-electron chi connectivity index (χ3n) is 9.59. The van der Waals surface area contributed by atoms with E-state index in [2.05, 4.69) is 20.8 Å². The third-order valence-corrected chi connectivity index (χ3v) is 9.59. The summed E-state index contributed by atoms with van der Waals surface area (Å²) in [6.07, 6.45) is 11.2. The van der Waals surface area contributed by atoms with Gasteiger partial charge in [-0.05, 0) is 61.5 Å². The number of benzene rings is 2. The molecular weight excluding hydrogens is 614 g/mol. The predicted octanol–water partition coefficient (Wildman–Crippen LogP) is 6.49. The molecule has 8 rings (SSSR count). The first-order chi connectivity index (χ1) is 22.7. The topological polar surface area (TPSA) is 83.8 Å². The molecular formula is C35H29F4N5O3. The van der Waals surface area contributed by atoms with Crippen molar-refractivity contribution >= 4 is 27.5 Å². The smallest absolute Gasteiger partial charge is 0.319 e. The summed E-state index contributed by atoms with van der Waals surface area (Å²) in [5.41, 5.74) is -1.03. The highest BCUT2D eigenvalue weighted by molar-refractivity contribution is 6.04. The highest BCUT2D eigenvalue weighted by Gasteiger charge is 2.49. The zero-order chi connectivity index (χ0) is 32.4. The van der Waals surface area contributed by atoms with Gasteiger partial charge >= 0.3 is 6.01 Å². The Bertz CT molecular complexity index is 2060. The van der Waals surface area contributed by atoms with Crippen LogP contribution in [0.4, 0.5) is 23.4 Å². The number of pyridine rings is 1. The lowest BCUT2D eigenvalue weighted by Crippen LogP contribution is -2.44. The number of aromatic nitrogens is 3. The molecule has 8 nitrogen and oxygen atoms in total. The Morgan fingerprint density at radius 3 is 2.87 bits per heavy atom. The van der Waals surface area contributed by atoms with E-state index in [9.17, 15) is 18.3 Å². The van der Waals surface area contributed by atoms with Crippen molar-refractivity contribution in [3.8, 4) is 41.2 Å². The number of anilines is 1. The van der Waals surface area contributed by atoms with Crippen LogP contribution in [0, 0.1) is 24.0 Å². The number of rotatable bonds is 4. The van der Waals surface area contributed by atoms with E-state index in [1.807, 2.05) is 0 Å². The molecule has 4 aromatic rings. The Labute approximate surface area is 267 Å². The lowest BCUT2D eigenvalue weighted by molar-refractivity contribution is 0.107. The van der Waals surface area contributed by atoms with Crippen molar-refractivity contribution in [2.24, 2.45) is 0 Å². The number of nitrogens with zero attached hydrogens (tertiary/aromatic N) is 5. The molecule has 2 fully saturated rings. The van der Waals surface area contributed by atoms with Crippen molar-refractivity contribution < 1.29 is 32.1 Å². The number of allylic oxidation sites excluding steroid dienone is 3. The second-order valence-corrected chi connectivity index (χ2v) is 12.4. The lowest BCUT2D eigenvalue weighted by atomic mass is 9.95. The predicted molar refractivity (Wildman–Crippen MR) is 168 cm³/mol. The Balaban J connectivity index is 1.33. The quantitative estimate of drug-likeness (QED) is 0.200. The number of ether oxygens (including phenoxy) is 2. The Morgan fingerprint density at radius 1 is 1.15 bits per heavy atom. The monoisotopic (exact) mass is 643 g/mol. The van der Waals surface area contributed by atoms with Gasteiger partial charge in [-0.15, -0.1) is 6.42 Å². The summed E-state index contributed by atoms with van der Waals surface area (Å²) in [6.45, 7) is 1.40. The van der Waals surface area contributed by atoms with E-state index in [1.54, 1.807) is 11.0 Å². The zero-order valence-corrected chi connectivity index (χ0v) is 25.1. The van der Waals surface area contributed by atoms with Crippen LogP contribution in [0.15, 0.2) is 48.3 Å². The number of halogens is 4. The fourth-order valence-electron chi connectivity index (χ4n) is 7.50. The first-order valence-electron chi connectivity index (χ1n) is 15.6. The van der Waals surface area contributed by atoms with Crippen LogP contribution in [0.1, 0.15) is 37.7 Å². The third kappa shape index (κ3) is 4.83. The minimum Gasteiger partial charge on any atom is -0.508 e. The summed E-state index contributed by atoms with van der Waals surface area (Å²) >= 11 is 0. The molecule has 0 aliphatic carbocycles. The molecule has 0 saturated carbocycles. The first-order valence-corrected chi connectivity index (χ1v) is 15.6. The van der Waals surface area contributed by atoms with Gasteiger partial charge < -0.3 is 19.5 Å². The summed E-state index contributed by atoms with van der Waals surface area (Å²) in [5, 5.41) is 11.3. The summed E-state index contributed by atoms with van der Waals surface area (Å²) in [4.78, 5) is 17.6. The summed E-state index contributed by atoms with van der Waals surface area (Å²) in [7, 11) is 0. The minimum atomic E-state index is -0.968. The Kier molecular flexibility index (Phi) is 6.98. The molecule has 2 aromatic carbocycles. The van der Waals surface area contributed by atoms with Crippen molar-refractivity contribution in [1.29, 1.82) is 0 Å². The molecule has 1 N–H and O–H groups in total. The molecule has 240 valence electrons. The minimum absolute atomic E-state index is 0.0126. The number of phenols is 1. The van der Waals surface area contributed by atoms with Crippen molar-refractivity contribution in [3.05, 3.63) is 65.5 Å². The average Bonchev–Trinajstić information content (AvgIpc) is 3.60. The van der Waals surface area contributed by atoms with E-state index >= 15 is 4.39 Å². The van der Waals surface area contributed by atoms with Gasteiger partial charge in [-0.2, -0.15) is 9.97 Å². The van der Waals surface area contributed by atoms with Crippen LogP contribution < -0.4 is 14.4 Å². The molecule has 12 heteroatoms. The molecule has 3 atom stereocenters. The van der Waals surface area contributed by atoms with Gasteiger partial charge in [-0.25, -0.2) is 22.5 Å². The zero-order valence-electron chi connectivity index (χ0n) is 25.1. The van der Waals surface area contributed by atoms with Gasteiger partial charge in [-0.1, -0.05) is 18.1 Å². The molecule has 2 aromatic heterocycles. The van der Waals surface area contributed by atoms with Gasteiger partial charge in [0.1, 0.15) is 46.8 Å². The van der Waals surface area contributed by atoms with Crippen LogP contribution in [0.3, 0.4) is 0 Å². The Morgan fingerprint density at radius 2 is 2.02 bits per heavy atom. The molecule has 0 bridgehead atoms. The van der Waals surface area contributed by atoms with Gasteiger partial charge in [0, 0.05) is 36.9 Å². The lowest BCUT2D eigenvalue weighted by Gasteiger charge is -2.36. The standard InChI is InChI=1S/C35H29F4N5O3/c1-2-23-25(38)10-9-19-14-22(45)15-24(27(19)23)30-29(39)31-28-32(44-13-4-7-20(36)6-3-8-26(44)47-33(28)40-30)42-34(41-31)46-18-35-11-5-12-43(35)17-21(37)16-35/h1,4,6-7,9-10,14-15,21,26,45H,3,5,8,11-13,16-18H2/b7-4-,20-6+/t21-,26?,35+/m1/s1. The largest absolute Gasteiger partial charge is 0.508 e. The van der Waals surface area contributed by atoms with Gasteiger partial charge in [0.05, 0.1) is 11.1 Å². The van der Waals surface area contributed by atoms with Gasteiger partial charge in [0.15, 0.2) is 17.9 Å². The van der Waals surface area contributed by atoms with Crippen molar-refractivity contribution in [3.63, 3.8) is 0 Å². The molecule has 0 radical (unpaired) electrons. The highest BCUT2D eigenvalue weighted by atomic mass is 19.1.